The number of rotatable bonds is 8. The van der Waals surface area contributed by atoms with Gasteiger partial charge in [-0.3, -0.25) is 0 Å². The van der Waals surface area contributed by atoms with Gasteiger partial charge in [0, 0.05) is 28.2 Å². The topological polar surface area (TPSA) is 30.5 Å². The molecular weight excluding hydrogens is 416 g/mol. The van der Waals surface area contributed by atoms with Crippen LogP contribution in [-0.2, 0) is 13.2 Å². The number of halogens is 4. The van der Waals surface area contributed by atoms with Crippen molar-refractivity contribution in [2.75, 3.05) is 6.61 Å². The van der Waals surface area contributed by atoms with Gasteiger partial charge in [0.2, 0.25) is 0 Å². The molecule has 1 saturated carbocycles. The Hall–Kier alpha value is -0.840. The second kappa shape index (κ2) is 9.91. The van der Waals surface area contributed by atoms with Crippen molar-refractivity contribution in [3.63, 3.8) is 0 Å². The van der Waals surface area contributed by atoms with Crippen LogP contribution in [0.2, 0.25) is 15.1 Å². The summed E-state index contributed by atoms with van der Waals surface area (Å²) in [4.78, 5) is 0. The Morgan fingerprint density at radius 3 is 2.46 bits per heavy atom. The molecule has 1 N–H and O–H groups in total. The number of benzene rings is 2. The molecule has 1 aliphatic rings. The van der Waals surface area contributed by atoms with Gasteiger partial charge in [-0.2, -0.15) is 0 Å². The van der Waals surface area contributed by atoms with Crippen LogP contribution >= 0.6 is 47.2 Å². The van der Waals surface area contributed by atoms with E-state index in [9.17, 15) is 0 Å². The molecule has 0 saturated heterocycles. The predicted molar refractivity (Wildman–Crippen MR) is 111 cm³/mol. The molecule has 2 aromatic carbocycles. The maximum atomic E-state index is 6.45. The van der Waals surface area contributed by atoms with E-state index < -0.39 is 0 Å². The normalized spacial score (nSPS) is 13.2. The highest BCUT2D eigenvalue weighted by molar-refractivity contribution is 6.35. The second-order valence-corrected chi connectivity index (χ2v) is 7.27. The molecule has 3 rings (SSSR count). The van der Waals surface area contributed by atoms with Gasteiger partial charge in [0.05, 0.1) is 11.6 Å². The summed E-state index contributed by atoms with van der Waals surface area (Å²) in [7, 11) is 0. The lowest BCUT2D eigenvalue weighted by Crippen LogP contribution is -2.15. The van der Waals surface area contributed by atoms with E-state index in [-0.39, 0.29) is 19.0 Å². The quantitative estimate of drug-likeness (QED) is 0.526. The average Bonchev–Trinajstić information content (AvgIpc) is 3.38. The van der Waals surface area contributed by atoms with Gasteiger partial charge < -0.3 is 14.8 Å². The maximum absolute atomic E-state index is 6.45. The molecule has 2 aromatic rings. The lowest BCUT2D eigenvalue weighted by atomic mass is 10.2. The minimum absolute atomic E-state index is 0. The summed E-state index contributed by atoms with van der Waals surface area (Å²) in [6, 6.07) is 9.84. The van der Waals surface area contributed by atoms with Gasteiger partial charge >= 0.3 is 0 Å². The van der Waals surface area contributed by atoms with Gasteiger partial charge in [0.15, 0.2) is 11.5 Å². The van der Waals surface area contributed by atoms with Crippen molar-refractivity contribution >= 4 is 47.2 Å². The Morgan fingerprint density at radius 1 is 1.04 bits per heavy atom. The Morgan fingerprint density at radius 2 is 1.81 bits per heavy atom. The SMILES string of the molecule is CCOc1cc(CNC2CC2)cc(Cl)c1OCc1ccc(Cl)cc1Cl.Cl. The highest BCUT2D eigenvalue weighted by Gasteiger charge is 2.21. The smallest absolute Gasteiger partial charge is 0.180 e. The first-order valence-corrected chi connectivity index (χ1v) is 9.45. The van der Waals surface area contributed by atoms with E-state index in [1.165, 1.54) is 12.8 Å². The van der Waals surface area contributed by atoms with Crippen LogP contribution in [0.4, 0.5) is 0 Å². The molecule has 0 heterocycles. The zero-order chi connectivity index (χ0) is 17.8. The van der Waals surface area contributed by atoms with Gasteiger partial charge in [-0.25, -0.2) is 0 Å². The third kappa shape index (κ3) is 5.83. The summed E-state index contributed by atoms with van der Waals surface area (Å²) in [6.07, 6.45) is 2.49. The number of hydrogen-bond donors (Lipinski definition) is 1. The van der Waals surface area contributed by atoms with Crippen LogP contribution in [0.3, 0.4) is 0 Å². The molecule has 0 amide bonds. The van der Waals surface area contributed by atoms with E-state index in [1.807, 2.05) is 25.1 Å². The fourth-order valence-electron chi connectivity index (χ4n) is 2.46. The summed E-state index contributed by atoms with van der Waals surface area (Å²) >= 11 is 18.6. The first-order chi connectivity index (χ1) is 12.1. The zero-order valence-corrected chi connectivity index (χ0v) is 17.4. The van der Waals surface area contributed by atoms with Gasteiger partial charge in [-0.1, -0.05) is 40.9 Å². The third-order valence-corrected chi connectivity index (χ3v) is 4.80. The number of nitrogens with one attached hydrogen (secondary N) is 1. The van der Waals surface area contributed by atoms with Crippen molar-refractivity contribution in [2.45, 2.75) is 39.0 Å². The molecule has 0 spiro atoms. The highest BCUT2D eigenvalue weighted by Crippen LogP contribution is 2.38. The molecule has 0 radical (unpaired) electrons. The molecule has 0 unspecified atom stereocenters. The van der Waals surface area contributed by atoms with Crippen molar-refractivity contribution in [2.24, 2.45) is 0 Å². The van der Waals surface area contributed by atoms with Gasteiger partial charge in [0.1, 0.15) is 6.61 Å². The Bertz CT molecular complexity index is 751. The van der Waals surface area contributed by atoms with E-state index in [0.717, 1.165) is 17.7 Å². The molecule has 1 aliphatic carbocycles. The summed E-state index contributed by atoms with van der Waals surface area (Å²) in [5.74, 6) is 1.18. The van der Waals surface area contributed by atoms with E-state index in [4.69, 9.17) is 44.3 Å². The van der Waals surface area contributed by atoms with Crippen molar-refractivity contribution < 1.29 is 9.47 Å². The van der Waals surface area contributed by atoms with Crippen LogP contribution in [0.15, 0.2) is 30.3 Å². The molecule has 0 aromatic heterocycles. The van der Waals surface area contributed by atoms with Crippen LogP contribution in [0.5, 0.6) is 11.5 Å². The van der Waals surface area contributed by atoms with Crippen molar-refractivity contribution in [1.29, 1.82) is 0 Å². The fraction of sp³-hybridized carbons (Fsp3) is 0.368. The lowest BCUT2D eigenvalue weighted by molar-refractivity contribution is 0.269. The zero-order valence-electron chi connectivity index (χ0n) is 14.4. The van der Waals surface area contributed by atoms with Crippen LogP contribution in [0, 0.1) is 0 Å². The van der Waals surface area contributed by atoms with Gasteiger partial charge in [0.25, 0.3) is 0 Å². The van der Waals surface area contributed by atoms with E-state index in [1.54, 1.807) is 12.1 Å². The summed E-state index contributed by atoms with van der Waals surface area (Å²) in [5.41, 5.74) is 1.92. The van der Waals surface area contributed by atoms with Gasteiger partial charge in [-0.15, -0.1) is 12.4 Å². The standard InChI is InChI=1S/C19H20Cl3NO2.ClH/c1-2-24-18-8-12(10-23-15-5-6-15)7-17(22)19(18)25-11-13-3-4-14(20)9-16(13)21;/h3-4,7-9,15,23H,2,5-6,10-11H2,1H3;1H. The van der Waals surface area contributed by atoms with Crippen LogP contribution in [-0.4, -0.2) is 12.6 Å². The van der Waals surface area contributed by atoms with Crippen LogP contribution in [0.1, 0.15) is 30.9 Å². The second-order valence-electron chi connectivity index (χ2n) is 6.02. The highest BCUT2D eigenvalue weighted by atomic mass is 35.5. The largest absolute Gasteiger partial charge is 0.490 e. The summed E-state index contributed by atoms with van der Waals surface area (Å²) in [6.45, 7) is 3.53. The van der Waals surface area contributed by atoms with Crippen molar-refractivity contribution in [3.8, 4) is 11.5 Å². The molecule has 0 atom stereocenters. The first kappa shape index (κ1) is 21.5. The van der Waals surface area contributed by atoms with Crippen LogP contribution < -0.4 is 14.8 Å². The van der Waals surface area contributed by atoms with E-state index in [2.05, 4.69) is 5.32 Å². The Labute approximate surface area is 175 Å². The number of ether oxygens (including phenoxy) is 2. The Kier molecular flexibility index (Phi) is 8.18. The summed E-state index contributed by atoms with van der Waals surface area (Å²) in [5, 5.41) is 5.16. The lowest BCUT2D eigenvalue weighted by Gasteiger charge is -2.16. The average molecular weight is 437 g/mol. The monoisotopic (exact) mass is 435 g/mol. The predicted octanol–water partition coefficient (Wildman–Crippen LogP) is 6.30. The minimum atomic E-state index is 0. The van der Waals surface area contributed by atoms with E-state index >= 15 is 0 Å². The number of hydrogen-bond acceptors (Lipinski definition) is 3. The molecule has 0 aliphatic heterocycles. The van der Waals surface area contributed by atoms with Crippen molar-refractivity contribution in [3.05, 3.63) is 56.5 Å². The van der Waals surface area contributed by atoms with Gasteiger partial charge in [-0.05, 0) is 49.6 Å². The molecule has 0 bridgehead atoms. The van der Waals surface area contributed by atoms with Crippen molar-refractivity contribution in [1.82, 2.24) is 5.32 Å². The fourth-order valence-corrected chi connectivity index (χ4v) is 3.22. The maximum Gasteiger partial charge on any atom is 0.180 e. The first-order valence-electron chi connectivity index (χ1n) is 8.32. The Balaban J connectivity index is 0.00000243. The van der Waals surface area contributed by atoms with Crippen LogP contribution in [0.25, 0.3) is 0 Å². The third-order valence-electron chi connectivity index (χ3n) is 3.93. The molecule has 1 fully saturated rings. The molecule has 3 nitrogen and oxygen atoms in total. The van der Waals surface area contributed by atoms with E-state index in [0.29, 0.717) is 39.2 Å². The molecule has 7 heteroatoms. The molecule has 26 heavy (non-hydrogen) atoms. The minimum Gasteiger partial charge on any atom is -0.490 e. The molecular formula is C19H21Cl4NO2. The molecule has 142 valence electrons. The summed E-state index contributed by atoms with van der Waals surface area (Å²) < 4.78 is 11.6.